The second-order valence-electron chi connectivity index (χ2n) is 8.32. The Balaban J connectivity index is 2.94. The third-order valence-electron chi connectivity index (χ3n) is 5.09. The van der Waals surface area contributed by atoms with Crippen molar-refractivity contribution in [3.05, 3.63) is 17.2 Å². The van der Waals surface area contributed by atoms with Gasteiger partial charge in [-0.15, -0.1) is 0 Å². The second kappa shape index (κ2) is 8.50. The Morgan fingerprint density at radius 1 is 0.815 bits per heavy atom. The van der Waals surface area contributed by atoms with E-state index >= 15 is 0 Å². The van der Waals surface area contributed by atoms with Crippen LogP contribution in [0.4, 0.5) is 0 Å². The summed E-state index contributed by atoms with van der Waals surface area (Å²) in [7, 11) is 0. The highest BCUT2D eigenvalue weighted by Crippen LogP contribution is 2.41. The third-order valence-corrected chi connectivity index (χ3v) is 5.09. The lowest BCUT2D eigenvalue weighted by Gasteiger charge is -2.21. The van der Waals surface area contributed by atoms with Gasteiger partial charge in [0.15, 0.2) is 11.5 Å². The van der Waals surface area contributed by atoms with Gasteiger partial charge in [0.25, 0.3) is 0 Å². The van der Waals surface area contributed by atoms with Gasteiger partial charge < -0.3 is 25.5 Å². The highest BCUT2D eigenvalue weighted by Gasteiger charge is 2.28. The quantitative estimate of drug-likeness (QED) is 0.390. The van der Waals surface area contributed by atoms with Crippen molar-refractivity contribution < 1.29 is 35.1 Å². The van der Waals surface area contributed by atoms with Gasteiger partial charge in [-0.25, -0.2) is 0 Å². The molecule has 0 saturated heterocycles. The fourth-order valence-corrected chi connectivity index (χ4v) is 2.88. The van der Waals surface area contributed by atoms with E-state index in [-0.39, 0.29) is 0 Å². The SMILES string of the molecule is CC(C)(CCCc1cc(O)c(O)c(O)c1CCCC(C)(C)C(=O)O)C(=O)O. The van der Waals surface area contributed by atoms with Crippen molar-refractivity contribution in [3.8, 4) is 17.2 Å². The molecule has 0 radical (unpaired) electrons. The number of phenolic OH excluding ortho intramolecular Hbond substituents is 3. The van der Waals surface area contributed by atoms with Crippen LogP contribution in [0.3, 0.4) is 0 Å². The molecule has 0 bridgehead atoms. The fraction of sp³-hybridized carbons (Fsp3) is 0.600. The maximum atomic E-state index is 11.2. The molecule has 0 aliphatic heterocycles. The number of carbonyl (C=O) groups is 2. The van der Waals surface area contributed by atoms with Crippen LogP contribution in [-0.2, 0) is 22.4 Å². The first kappa shape index (κ1) is 22.6. The Kier molecular flexibility index (Phi) is 7.11. The third kappa shape index (κ3) is 5.77. The van der Waals surface area contributed by atoms with E-state index in [0.717, 1.165) is 0 Å². The summed E-state index contributed by atoms with van der Waals surface area (Å²) >= 11 is 0. The molecule has 0 spiro atoms. The summed E-state index contributed by atoms with van der Waals surface area (Å²) in [4.78, 5) is 22.4. The highest BCUT2D eigenvalue weighted by atomic mass is 16.4. The molecule has 0 aromatic heterocycles. The van der Waals surface area contributed by atoms with E-state index in [1.54, 1.807) is 27.7 Å². The molecule has 7 heteroatoms. The minimum Gasteiger partial charge on any atom is -0.504 e. The van der Waals surface area contributed by atoms with Gasteiger partial charge >= 0.3 is 11.9 Å². The average molecular weight is 382 g/mol. The first-order valence-electron chi connectivity index (χ1n) is 9.02. The van der Waals surface area contributed by atoms with Gasteiger partial charge in [-0.3, -0.25) is 9.59 Å². The Labute approximate surface area is 159 Å². The summed E-state index contributed by atoms with van der Waals surface area (Å²) in [5.41, 5.74) is -0.704. The normalized spacial score (nSPS) is 12.1. The zero-order valence-electron chi connectivity index (χ0n) is 16.4. The molecule has 0 aliphatic carbocycles. The maximum Gasteiger partial charge on any atom is 0.309 e. The van der Waals surface area contributed by atoms with Gasteiger partial charge in [-0.05, 0) is 77.8 Å². The standard InChI is InChI=1S/C20H30O7/c1-19(2,17(24)25)9-5-7-12-11-14(21)16(23)15(22)13(12)8-6-10-20(3,4)18(26)27/h11,21-23H,5-10H2,1-4H3,(H,24,25)(H,26,27). The summed E-state index contributed by atoms with van der Waals surface area (Å²) in [6.45, 7) is 6.52. The van der Waals surface area contributed by atoms with Gasteiger partial charge in [0.1, 0.15) is 0 Å². The number of hydrogen-bond donors (Lipinski definition) is 5. The number of aryl methyl sites for hydroxylation is 1. The van der Waals surface area contributed by atoms with Crippen LogP contribution in [-0.4, -0.2) is 37.5 Å². The maximum absolute atomic E-state index is 11.2. The van der Waals surface area contributed by atoms with E-state index in [4.69, 9.17) is 0 Å². The molecule has 0 aliphatic rings. The summed E-state index contributed by atoms with van der Waals surface area (Å²) in [5, 5.41) is 48.2. The molecule has 0 heterocycles. The first-order chi connectivity index (χ1) is 12.3. The number of aromatic hydroxyl groups is 3. The summed E-state index contributed by atoms with van der Waals surface area (Å²) in [6.07, 6.45) is 2.57. The lowest BCUT2D eigenvalue weighted by molar-refractivity contribution is -0.148. The molecule has 152 valence electrons. The number of phenols is 3. The average Bonchev–Trinajstić information content (AvgIpc) is 2.55. The molecule has 1 rings (SSSR count). The smallest absolute Gasteiger partial charge is 0.309 e. The molecule has 1 aromatic rings. The van der Waals surface area contributed by atoms with Crippen LogP contribution in [0.1, 0.15) is 64.5 Å². The lowest BCUT2D eigenvalue weighted by Crippen LogP contribution is -2.23. The molecule has 27 heavy (non-hydrogen) atoms. The van der Waals surface area contributed by atoms with Crippen molar-refractivity contribution in [2.75, 3.05) is 0 Å². The fourth-order valence-electron chi connectivity index (χ4n) is 2.88. The van der Waals surface area contributed by atoms with E-state index in [1.165, 1.54) is 6.07 Å². The molecule has 7 nitrogen and oxygen atoms in total. The van der Waals surface area contributed by atoms with Gasteiger partial charge in [-0.1, -0.05) is 0 Å². The minimum atomic E-state index is -0.906. The van der Waals surface area contributed by atoms with Crippen LogP contribution < -0.4 is 0 Å². The van der Waals surface area contributed by atoms with Crippen molar-refractivity contribution in [3.63, 3.8) is 0 Å². The van der Waals surface area contributed by atoms with E-state index in [1.807, 2.05) is 0 Å². The number of carboxylic acids is 2. The molecule has 5 N–H and O–H groups in total. The van der Waals surface area contributed by atoms with Gasteiger partial charge in [-0.2, -0.15) is 0 Å². The number of rotatable bonds is 10. The van der Waals surface area contributed by atoms with Gasteiger partial charge in [0.2, 0.25) is 5.75 Å². The summed E-state index contributed by atoms with van der Waals surface area (Å²) in [5.74, 6) is -3.24. The highest BCUT2D eigenvalue weighted by molar-refractivity contribution is 5.73. The number of hydrogen-bond acceptors (Lipinski definition) is 5. The van der Waals surface area contributed by atoms with Crippen LogP contribution in [0.5, 0.6) is 17.2 Å². The largest absolute Gasteiger partial charge is 0.504 e. The zero-order valence-corrected chi connectivity index (χ0v) is 16.4. The Bertz CT molecular complexity index is 705. The molecule has 0 atom stereocenters. The lowest BCUT2D eigenvalue weighted by atomic mass is 9.84. The van der Waals surface area contributed by atoms with E-state index in [0.29, 0.717) is 49.7 Å². The Morgan fingerprint density at radius 3 is 1.70 bits per heavy atom. The molecule has 0 unspecified atom stereocenters. The zero-order chi connectivity index (χ0) is 21.0. The van der Waals surface area contributed by atoms with Crippen molar-refractivity contribution in [1.29, 1.82) is 0 Å². The van der Waals surface area contributed by atoms with E-state index < -0.39 is 40.0 Å². The molecule has 0 saturated carbocycles. The Morgan fingerprint density at radius 2 is 1.26 bits per heavy atom. The molecule has 0 amide bonds. The molecule has 1 aromatic carbocycles. The number of benzene rings is 1. The molecular weight excluding hydrogens is 352 g/mol. The predicted molar refractivity (Wildman–Crippen MR) is 100 cm³/mol. The van der Waals surface area contributed by atoms with E-state index in [2.05, 4.69) is 0 Å². The number of carboxylic acid groups (broad SMARTS) is 2. The number of aliphatic carboxylic acids is 2. The van der Waals surface area contributed by atoms with Crippen LogP contribution in [0, 0.1) is 10.8 Å². The molecule has 0 fully saturated rings. The van der Waals surface area contributed by atoms with Crippen molar-refractivity contribution in [2.45, 2.75) is 66.2 Å². The monoisotopic (exact) mass is 382 g/mol. The van der Waals surface area contributed by atoms with Crippen LogP contribution in [0.25, 0.3) is 0 Å². The van der Waals surface area contributed by atoms with Gasteiger partial charge in [0, 0.05) is 5.56 Å². The Hall–Kier alpha value is -2.44. The van der Waals surface area contributed by atoms with Gasteiger partial charge in [0.05, 0.1) is 10.8 Å². The first-order valence-corrected chi connectivity index (χ1v) is 9.02. The topological polar surface area (TPSA) is 135 Å². The van der Waals surface area contributed by atoms with Crippen molar-refractivity contribution in [1.82, 2.24) is 0 Å². The van der Waals surface area contributed by atoms with Crippen LogP contribution in [0.15, 0.2) is 6.07 Å². The summed E-state index contributed by atoms with van der Waals surface area (Å²) in [6, 6.07) is 1.38. The van der Waals surface area contributed by atoms with Crippen molar-refractivity contribution in [2.24, 2.45) is 10.8 Å². The van der Waals surface area contributed by atoms with E-state index in [9.17, 15) is 35.1 Å². The summed E-state index contributed by atoms with van der Waals surface area (Å²) < 4.78 is 0. The predicted octanol–water partition coefficient (Wildman–Crippen LogP) is 3.67. The van der Waals surface area contributed by atoms with Crippen LogP contribution in [0.2, 0.25) is 0 Å². The minimum absolute atomic E-state index is 0.341. The van der Waals surface area contributed by atoms with Crippen molar-refractivity contribution >= 4 is 11.9 Å². The second-order valence-corrected chi connectivity index (χ2v) is 8.32. The van der Waals surface area contributed by atoms with Crippen LogP contribution >= 0.6 is 0 Å². The molecular formula is C20H30O7.